The van der Waals surface area contributed by atoms with Crippen LogP contribution in [0.1, 0.15) is 6.92 Å². The van der Waals surface area contributed by atoms with Crippen LogP contribution in [-0.2, 0) is 4.79 Å². The Labute approximate surface area is 118 Å². The fourth-order valence-corrected chi connectivity index (χ4v) is 1.80. The minimum Gasteiger partial charge on any atom is -0.457 e. The second kappa shape index (κ2) is 6.21. The molecule has 2 N–H and O–H groups in total. The van der Waals surface area contributed by atoms with Crippen LogP contribution < -0.4 is 15.4 Å². The second-order valence-electron chi connectivity index (χ2n) is 4.59. The molecule has 0 aliphatic carbocycles. The Hall–Kier alpha value is -2.33. The summed E-state index contributed by atoms with van der Waals surface area (Å²) in [4.78, 5) is 13.3. The highest BCUT2D eigenvalue weighted by molar-refractivity contribution is 5.96. The van der Waals surface area contributed by atoms with Crippen LogP contribution in [0.5, 0.6) is 11.5 Å². The van der Waals surface area contributed by atoms with Gasteiger partial charge in [-0.2, -0.15) is 0 Å². The van der Waals surface area contributed by atoms with Gasteiger partial charge in [-0.05, 0) is 43.3 Å². The summed E-state index contributed by atoms with van der Waals surface area (Å²) in [5.74, 6) is 1.38. The lowest BCUT2D eigenvalue weighted by Gasteiger charge is -2.19. The van der Waals surface area contributed by atoms with Crippen LogP contribution in [0.25, 0.3) is 0 Å². The fourth-order valence-electron chi connectivity index (χ4n) is 1.80. The summed E-state index contributed by atoms with van der Waals surface area (Å²) in [6.07, 6.45) is 0. The van der Waals surface area contributed by atoms with Gasteiger partial charge in [0.1, 0.15) is 11.5 Å². The maximum Gasteiger partial charge on any atom is 0.243 e. The van der Waals surface area contributed by atoms with Crippen LogP contribution in [0.3, 0.4) is 0 Å². The summed E-state index contributed by atoms with van der Waals surface area (Å²) in [5, 5.41) is 0. The summed E-state index contributed by atoms with van der Waals surface area (Å²) < 4.78 is 5.69. The van der Waals surface area contributed by atoms with Crippen molar-refractivity contribution in [2.24, 2.45) is 5.73 Å². The van der Waals surface area contributed by atoms with Gasteiger partial charge in [-0.25, -0.2) is 0 Å². The van der Waals surface area contributed by atoms with Gasteiger partial charge >= 0.3 is 0 Å². The van der Waals surface area contributed by atoms with Crippen molar-refractivity contribution in [3.8, 4) is 11.5 Å². The van der Waals surface area contributed by atoms with E-state index < -0.39 is 6.04 Å². The number of benzene rings is 2. The van der Waals surface area contributed by atoms with Crippen molar-refractivity contribution in [1.29, 1.82) is 0 Å². The molecule has 0 bridgehead atoms. The highest BCUT2D eigenvalue weighted by Crippen LogP contribution is 2.24. The van der Waals surface area contributed by atoms with Crippen molar-refractivity contribution in [3.63, 3.8) is 0 Å². The number of nitrogens with zero attached hydrogens (tertiary/aromatic N) is 1. The van der Waals surface area contributed by atoms with E-state index in [1.165, 1.54) is 4.90 Å². The number of carbonyl (C=O) groups excluding carboxylic acids is 1. The molecule has 1 amide bonds. The molecular formula is C16H18N2O2. The number of hydrogen-bond acceptors (Lipinski definition) is 3. The predicted molar refractivity (Wildman–Crippen MR) is 80.0 cm³/mol. The quantitative estimate of drug-likeness (QED) is 0.929. The van der Waals surface area contributed by atoms with Gasteiger partial charge in [0, 0.05) is 12.7 Å². The van der Waals surface area contributed by atoms with Crippen LogP contribution in [-0.4, -0.2) is 19.0 Å². The molecule has 0 unspecified atom stereocenters. The van der Waals surface area contributed by atoms with Crippen LogP contribution >= 0.6 is 0 Å². The minimum atomic E-state index is -0.514. The number of nitrogens with two attached hydrogens (primary N) is 1. The Morgan fingerprint density at radius 2 is 1.60 bits per heavy atom. The first-order valence-electron chi connectivity index (χ1n) is 6.44. The first-order valence-corrected chi connectivity index (χ1v) is 6.44. The molecule has 2 rings (SSSR count). The van der Waals surface area contributed by atoms with Gasteiger partial charge in [0.05, 0.1) is 6.04 Å². The lowest BCUT2D eigenvalue weighted by Crippen LogP contribution is -2.39. The average molecular weight is 270 g/mol. The highest BCUT2D eigenvalue weighted by atomic mass is 16.5. The van der Waals surface area contributed by atoms with Gasteiger partial charge in [-0.3, -0.25) is 4.79 Å². The maximum absolute atomic E-state index is 11.8. The first-order chi connectivity index (χ1) is 9.58. The number of carbonyl (C=O) groups is 1. The molecule has 4 heteroatoms. The second-order valence-corrected chi connectivity index (χ2v) is 4.59. The standard InChI is InChI=1S/C16H18N2O2/c1-12(17)16(19)18(2)13-8-10-15(11-9-13)20-14-6-4-3-5-7-14/h3-12H,17H2,1-2H3/t12-/m1/s1. The highest BCUT2D eigenvalue weighted by Gasteiger charge is 2.14. The van der Waals surface area contributed by atoms with Crippen molar-refractivity contribution >= 4 is 11.6 Å². The van der Waals surface area contributed by atoms with Crippen LogP contribution in [0.15, 0.2) is 54.6 Å². The van der Waals surface area contributed by atoms with E-state index >= 15 is 0 Å². The zero-order valence-corrected chi connectivity index (χ0v) is 11.6. The molecule has 2 aromatic carbocycles. The Bertz CT molecular complexity index is 565. The summed E-state index contributed by atoms with van der Waals surface area (Å²) in [7, 11) is 1.71. The third-order valence-corrected chi connectivity index (χ3v) is 2.92. The van der Waals surface area contributed by atoms with Gasteiger partial charge in [-0.15, -0.1) is 0 Å². The monoisotopic (exact) mass is 270 g/mol. The first kappa shape index (κ1) is 14.1. The predicted octanol–water partition coefficient (Wildman–Crippen LogP) is 2.79. The number of rotatable bonds is 4. The molecule has 0 radical (unpaired) electrons. The van der Waals surface area contributed by atoms with Crippen molar-refractivity contribution in [2.75, 3.05) is 11.9 Å². The lowest BCUT2D eigenvalue weighted by atomic mass is 10.2. The molecule has 2 aromatic rings. The zero-order chi connectivity index (χ0) is 14.5. The topological polar surface area (TPSA) is 55.6 Å². The minimum absolute atomic E-state index is 0.123. The van der Waals surface area contributed by atoms with Gasteiger partial charge in [0.2, 0.25) is 5.91 Å². The van der Waals surface area contributed by atoms with Crippen molar-refractivity contribution in [1.82, 2.24) is 0 Å². The van der Waals surface area contributed by atoms with E-state index in [1.807, 2.05) is 54.6 Å². The Kier molecular flexibility index (Phi) is 4.38. The van der Waals surface area contributed by atoms with Gasteiger partial charge < -0.3 is 15.4 Å². The maximum atomic E-state index is 11.8. The number of likely N-dealkylation sites (N-methyl/N-ethyl adjacent to an activating group) is 1. The zero-order valence-electron chi connectivity index (χ0n) is 11.6. The molecule has 0 saturated carbocycles. The normalized spacial score (nSPS) is 11.8. The third-order valence-electron chi connectivity index (χ3n) is 2.92. The van der Waals surface area contributed by atoms with Gasteiger partial charge in [0.15, 0.2) is 0 Å². The number of amides is 1. The molecule has 4 nitrogen and oxygen atoms in total. The largest absolute Gasteiger partial charge is 0.457 e. The molecule has 0 aromatic heterocycles. The molecule has 1 atom stereocenters. The third kappa shape index (κ3) is 3.36. The molecule has 0 aliphatic rings. The van der Waals surface area contributed by atoms with Crippen molar-refractivity contribution in [3.05, 3.63) is 54.6 Å². The average Bonchev–Trinajstić information content (AvgIpc) is 2.47. The number of hydrogen-bond donors (Lipinski definition) is 1. The Morgan fingerprint density at radius 3 is 2.15 bits per heavy atom. The number of ether oxygens (including phenoxy) is 1. The van der Waals surface area contributed by atoms with Crippen LogP contribution in [0.4, 0.5) is 5.69 Å². The Morgan fingerprint density at radius 1 is 1.05 bits per heavy atom. The summed E-state index contributed by atoms with van der Waals surface area (Å²) in [5.41, 5.74) is 6.38. The SMILES string of the molecule is C[C@@H](N)C(=O)N(C)c1ccc(Oc2ccccc2)cc1. The van der Waals surface area contributed by atoms with Gasteiger partial charge in [0.25, 0.3) is 0 Å². The molecule has 0 heterocycles. The van der Waals surface area contributed by atoms with E-state index in [0.717, 1.165) is 17.2 Å². The molecule has 0 aliphatic heterocycles. The summed E-state index contributed by atoms with van der Waals surface area (Å²) >= 11 is 0. The lowest BCUT2D eigenvalue weighted by molar-refractivity contribution is -0.119. The van der Waals surface area contributed by atoms with Crippen LogP contribution in [0.2, 0.25) is 0 Å². The molecule has 0 saturated heterocycles. The van der Waals surface area contributed by atoms with Crippen molar-refractivity contribution in [2.45, 2.75) is 13.0 Å². The molecule has 104 valence electrons. The van der Waals surface area contributed by atoms with E-state index in [4.69, 9.17) is 10.5 Å². The molecular weight excluding hydrogens is 252 g/mol. The van der Waals surface area contributed by atoms with E-state index in [2.05, 4.69) is 0 Å². The fraction of sp³-hybridized carbons (Fsp3) is 0.188. The van der Waals surface area contributed by atoms with E-state index in [9.17, 15) is 4.79 Å². The molecule has 20 heavy (non-hydrogen) atoms. The number of para-hydroxylation sites is 1. The van der Waals surface area contributed by atoms with Crippen molar-refractivity contribution < 1.29 is 9.53 Å². The Balaban J connectivity index is 2.08. The summed E-state index contributed by atoms with van der Waals surface area (Å²) in [6, 6.07) is 16.3. The van der Waals surface area contributed by atoms with E-state index in [0.29, 0.717) is 0 Å². The number of anilines is 1. The molecule has 0 spiro atoms. The van der Waals surface area contributed by atoms with Crippen LogP contribution in [0, 0.1) is 0 Å². The van der Waals surface area contributed by atoms with Gasteiger partial charge in [-0.1, -0.05) is 18.2 Å². The van der Waals surface area contributed by atoms with E-state index in [1.54, 1.807) is 14.0 Å². The summed E-state index contributed by atoms with van der Waals surface area (Å²) in [6.45, 7) is 1.67. The van der Waals surface area contributed by atoms with E-state index in [-0.39, 0.29) is 5.91 Å². The smallest absolute Gasteiger partial charge is 0.243 e. The molecule has 0 fully saturated rings.